The molecule has 0 amide bonds. The fourth-order valence-electron chi connectivity index (χ4n) is 3.61. The van der Waals surface area contributed by atoms with Gasteiger partial charge >= 0.3 is 0 Å². The lowest BCUT2D eigenvalue weighted by Gasteiger charge is -2.27. The van der Waals surface area contributed by atoms with E-state index in [-0.39, 0.29) is 0 Å². The van der Waals surface area contributed by atoms with E-state index in [0.29, 0.717) is 0 Å². The molecule has 0 unspecified atom stereocenters. The Morgan fingerprint density at radius 2 is 0.953 bits per heavy atom. The number of rotatable bonds is 6. The van der Waals surface area contributed by atoms with E-state index < -0.39 is 0 Å². The van der Waals surface area contributed by atoms with E-state index in [1.165, 1.54) is 0 Å². The third-order valence-electron chi connectivity index (χ3n) is 5.06. The largest absolute Gasteiger partial charge is 0.279 e. The predicted octanol–water partition coefficient (Wildman–Crippen LogP) is 11.5. The van der Waals surface area contributed by atoms with Gasteiger partial charge in [0, 0.05) is 31.2 Å². The van der Waals surface area contributed by atoms with Crippen LogP contribution in [0.4, 0.5) is 28.8 Å². The van der Waals surface area contributed by atoms with Gasteiger partial charge in [0.15, 0.2) is 0 Å². The zero-order valence-electron chi connectivity index (χ0n) is 27.9. The van der Waals surface area contributed by atoms with E-state index in [1.54, 1.807) is 18.6 Å². The Morgan fingerprint density at radius 1 is 0.512 bits per heavy atom. The van der Waals surface area contributed by atoms with Crippen molar-refractivity contribution < 1.29 is 0 Å². The SMILES string of the molecule is C1=CCC=NC(N(c2cccc(N(c3ccccn3)c3ccccn3)c2)c2ccccn2)=C1.CC.CC.CC.CC.CC. The molecule has 4 aromatic rings. The summed E-state index contributed by atoms with van der Waals surface area (Å²) >= 11 is 0. The summed E-state index contributed by atoms with van der Waals surface area (Å²) in [6.45, 7) is 20.0. The van der Waals surface area contributed by atoms with E-state index in [4.69, 9.17) is 0 Å². The molecule has 6 nitrogen and oxygen atoms in total. The van der Waals surface area contributed by atoms with Crippen molar-refractivity contribution in [2.24, 2.45) is 4.99 Å². The lowest BCUT2D eigenvalue weighted by atomic mass is 10.2. The molecular weight excluding hydrogens is 528 g/mol. The Balaban J connectivity index is 0.00000161. The molecule has 6 heteroatoms. The third-order valence-corrected chi connectivity index (χ3v) is 5.06. The molecule has 0 bridgehead atoms. The normalized spacial score (nSPS) is 10.4. The van der Waals surface area contributed by atoms with Crippen LogP contribution in [0.2, 0.25) is 0 Å². The van der Waals surface area contributed by atoms with Gasteiger partial charge in [-0.25, -0.2) is 19.9 Å². The lowest BCUT2D eigenvalue weighted by molar-refractivity contribution is 1.07. The second-order valence-electron chi connectivity index (χ2n) is 7.25. The van der Waals surface area contributed by atoms with Crippen molar-refractivity contribution in [2.75, 3.05) is 9.80 Å². The zero-order valence-corrected chi connectivity index (χ0v) is 27.9. The van der Waals surface area contributed by atoms with Crippen LogP contribution in [0.5, 0.6) is 0 Å². The number of allylic oxidation sites excluding steroid dienone is 3. The van der Waals surface area contributed by atoms with Crippen molar-refractivity contribution >= 4 is 35.0 Å². The summed E-state index contributed by atoms with van der Waals surface area (Å²) in [7, 11) is 0. The van der Waals surface area contributed by atoms with Crippen LogP contribution in [-0.4, -0.2) is 21.2 Å². The summed E-state index contributed by atoms with van der Waals surface area (Å²) < 4.78 is 0. The van der Waals surface area contributed by atoms with E-state index in [1.807, 2.05) is 164 Å². The number of aliphatic imine (C=N–C) groups is 1. The summed E-state index contributed by atoms with van der Waals surface area (Å²) in [4.78, 5) is 22.5. The maximum Gasteiger partial charge on any atom is 0.138 e. The first-order valence-corrected chi connectivity index (χ1v) is 15.7. The van der Waals surface area contributed by atoms with Crippen LogP contribution in [0, 0.1) is 0 Å². The molecule has 0 fully saturated rings. The van der Waals surface area contributed by atoms with Gasteiger partial charge in [-0.05, 0) is 60.7 Å². The standard InChI is InChI=1S/C27H22N6.5C2H6/c1-2-13-24(28-17-6-1)32(25-14-3-7-18-29-25)22-11-10-12-23(21-22)33(26-15-4-8-19-30-26)27-16-5-9-20-31-27;5*1-2/h1-5,7-21H,6H2;5*1-2H3. The lowest BCUT2D eigenvalue weighted by Crippen LogP contribution is -2.18. The van der Waals surface area contributed by atoms with E-state index in [9.17, 15) is 0 Å². The van der Waals surface area contributed by atoms with Gasteiger partial charge in [-0.3, -0.25) is 9.80 Å². The van der Waals surface area contributed by atoms with Gasteiger partial charge in [0.1, 0.15) is 23.3 Å². The van der Waals surface area contributed by atoms with Crippen LogP contribution >= 0.6 is 0 Å². The minimum absolute atomic E-state index is 0.785. The first-order valence-electron chi connectivity index (χ1n) is 15.7. The summed E-state index contributed by atoms with van der Waals surface area (Å²) in [5, 5.41) is 0. The Hall–Kier alpha value is -4.58. The molecule has 1 aliphatic rings. The molecule has 1 aromatic carbocycles. The van der Waals surface area contributed by atoms with Gasteiger partial charge in [0.05, 0.1) is 11.4 Å². The minimum atomic E-state index is 0.785. The zero-order chi connectivity index (χ0) is 32.3. The quantitative estimate of drug-likeness (QED) is 0.227. The predicted molar refractivity (Wildman–Crippen MR) is 190 cm³/mol. The number of hydrogen-bond donors (Lipinski definition) is 0. The molecule has 0 radical (unpaired) electrons. The van der Waals surface area contributed by atoms with E-state index >= 15 is 0 Å². The molecule has 0 atom stereocenters. The van der Waals surface area contributed by atoms with Crippen molar-refractivity contribution in [3.63, 3.8) is 0 Å². The molecule has 0 spiro atoms. The molecule has 1 aliphatic heterocycles. The molecule has 0 saturated heterocycles. The first kappa shape index (κ1) is 38.4. The number of pyridine rings is 3. The van der Waals surface area contributed by atoms with Crippen molar-refractivity contribution in [1.82, 2.24) is 15.0 Å². The Morgan fingerprint density at radius 3 is 1.40 bits per heavy atom. The Kier molecular flexibility index (Phi) is 22.5. The average molecular weight is 581 g/mol. The van der Waals surface area contributed by atoms with Crippen LogP contribution in [-0.2, 0) is 0 Å². The van der Waals surface area contributed by atoms with Crippen molar-refractivity contribution in [2.45, 2.75) is 75.7 Å². The number of benzene rings is 1. The monoisotopic (exact) mass is 580 g/mol. The fourth-order valence-corrected chi connectivity index (χ4v) is 3.61. The van der Waals surface area contributed by atoms with Crippen LogP contribution in [0.25, 0.3) is 0 Å². The van der Waals surface area contributed by atoms with Crippen LogP contribution < -0.4 is 9.80 Å². The fraction of sp³-hybridized carbons (Fsp3) is 0.297. The van der Waals surface area contributed by atoms with Gasteiger partial charge < -0.3 is 0 Å². The van der Waals surface area contributed by atoms with Crippen LogP contribution in [0.1, 0.15) is 75.7 Å². The summed E-state index contributed by atoms with van der Waals surface area (Å²) in [5.41, 5.74) is 1.86. The van der Waals surface area contributed by atoms with E-state index in [2.05, 4.69) is 38.2 Å². The highest BCUT2D eigenvalue weighted by Crippen LogP contribution is 2.36. The summed E-state index contributed by atoms with van der Waals surface area (Å²) in [6.07, 6.45) is 14.2. The van der Waals surface area contributed by atoms with Gasteiger partial charge in [-0.1, -0.05) is 106 Å². The van der Waals surface area contributed by atoms with Crippen molar-refractivity contribution in [1.29, 1.82) is 0 Å². The van der Waals surface area contributed by atoms with Gasteiger partial charge in [0.25, 0.3) is 0 Å². The molecule has 0 aliphatic carbocycles. The second-order valence-corrected chi connectivity index (χ2v) is 7.25. The number of aromatic nitrogens is 3. The highest BCUT2D eigenvalue weighted by atomic mass is 15.3. The van der Waals surface area contributed by atoms with Crippen molar-refractivity contribution in [3.8, 4) is 0 Å². The second kappa shape index (κ2) is 25.2. The van der Waals surface area contributed by atoms with Gasteiger partial charge in [-0.15, -0.1) is 0 Å². The molecule has 0 N–H and O–H groups in total. The van der Waals surface area contributed by atoms with Gasteiger partial charge in [-0.2, -0.15) is 0 Å². The first-order chi connectivity index (χ1) is 21.4. The maximum absolute atomic E-state index is 4.69. The summed E-state index contributed by atoms with van der Waals surface area (Å²) in [6, 6.07) is 25.8. The topological polar surface area (TPSA) is 57.5 Å². The highest BCUT2D eigenvalue weighted by Gasteiger charge is 2.19. The van der Waals surface area contributed by atoms with Crippen LogP contribution in [0.15, 0.2) is 126 Å². The minimum Gasteiger partial charge on any atom is -0.279 e. The Labute approximate surface area is 261 Å². The molecule has 0 saturated carbocycles. The number of nitrogens with zero attached hydrogens (tertiary/aromatic N) is 6. The number of anilines is 5. The van der Waals surface area contributed by atoms with Gasteiger partial charge in [0.2, 0.25) is 0 Å². The smallest absolute Gasteiger partial charge is 0.138 e. The average Bonchev–Trinajstić information content (AvgIpc) is 3.41. The molecule has 5 rings (SSSR count). The molecule has 230 valence electrons. The van der Waals surface area contributed by atoms with Crippen molar-refractivity contribution in [3.05, 3.63) is 122 Å². The van der Waals surface area contributed by atoms with Crippen LogP contribution in [0.3, 0.4) is 0 Å². The molecular formula is C37H52N6. The number of hydrogen-bond acceptors (Lipinski definition) is 6. The molecule has 43 heavy (non-hydrogen) atoms. The Bertz CT molecular complexity index is 1250. The highest BCUT2D eigenvalue weighted by molar-refractivity contribution is 5.78. The summed E-state index contributed by atoms with van der Waals surface area (Å²) in [5.74, 6) is 3.15. The van der Waals surface area contributed by atoms with E-state index in [0.717, 1.165) is 41.1 Å². The molecule has 3 aromatic heterocycles. The third kappa shape index (κ3) is 12.0. The molecule has 4 heterocycles. The maximum atomic E-state index is 4.69.